The minimum Gasteiger partial charge on any atom is -0.493 e. The van der Waals surface area contributed by atoms with Crippen molar-refractivity contribution in [2.45, 2.75) is 0 Å². The number of benzene rings is 1. The molecule has 1 rings (SSSR count). The van der Waals surface area contributed by atoms with Gasteiger partial charge >= 0.3 is 0 Å². The number of alkyl halides is 1. The molecule has 0 fully saturated rings. The molecule has 0 spiro atoms. The average Bonchev–Trinajstić information content (AvgIpc) is 2.27. The van der Waals surface area contributed by atoms with Gasteiger partial charge in [0, 0.05) is 0 Å². The van der Waals surface area contributed by atoms with Crippen LogP contribution in [0, 0.1) is 5.82 Å². The Morgan fingerprint density at radius 2 is 2.27 bits per heavy atom. The van der Waals surface area contributed by atoms with Crippen molar-refractivity contribution in [3.63, 3.8) is 0 Å². The molecule has 0 saturated carbocycles. The molecule has 0 aliphatic rings. The number of hydrogen-bond donors (Lipinski definition) is 0. The molecule has 3 nitrogen and oxygen atoms in total. The van der Waals surface area contributed by atoms with Crippen molar-refractivity contribution in [1.82, 2.24) is 0 Å². The zero-order valence-electron chi connectivity index (χ0n) is 7.92. The number of carbonyl (C=O) groups excluding carboxylic acids is 2. The summed E-state index contributed by atoms with van der Waals surface area (Å²) in [6.07, 6.45) is 0.476. The normalized spacial score (nSPS) is 9.80. The molecule has 0 unspecified atom stereocenters. The topological polar surface area (TPSA) is 43.4 Å². The maximum absolute atomic E-state index is 13.6. The predicted molar refractivity (Wildman–Crippen MR) is 56.5 cm³/mol. The van der Waals surface area contributed by atoms with Crippen molar-refractivity contribution in [2.75, 3.05) is 12.4 Å². The molecular formula is C10H8BrFO3. The van der Waals surface area contributed by atoms with Crippen molar-refractivity contribution in [3.8, 4) is 5.75 Å². The highest BCUT2D eigenvalue weighted by molar-refractivity contribution is 9.09. The van der Waals surface area contributed by atoms with Crippen LogP contribution in [-0.2, 0) is 0 Å². The van der Waals surface area contributed by atoms with E-state index in [1.807, 2.05) is 0 Å². The monoisotopic (exact) mass is 274 g/mol. The van der Waals surface area contributed by atoms with Crippen LogP contribution in [0.15, 0.2) is 12.1 Å². The second-order valence-electron chi connectivity index (χ2n) is 2.72. The summed E-state index contributed by atoms with van der Waals surface area (Å²) in [4.78, 5) is 21.8. The number of ether oxygens (including phenoxy) is 1. The van der Waals surface area contributed by atoms with Gasteiger partial charge in [-0.25, -0.2) is 4.39 Å². The Morgan fingerprint density at radius 1 is 1.60 bits per heavy atom. The second-order valence-corrected chi connectivity index (χ2v) is 3.28. The Hall–Kier alpha value is -1.23. The van der Waals surface area contributed by atoms with Gasteiger partial charge in [0.1, 0.15) is 0 Å². The van der Waals surface area contributed by atoms with Crippen LogP contribution in [0.3, 0.4) is 0 Å². The summed E-state index contributed by atoms with van der Waals surface area (Å²) in [7, 11) is 1.24. The number of carbonyl (C=O) groups is 2. The van der Waals surface area contributed by atoms with E-state index in [1.54, 1.807) is 0 Å². The summed E-state index contributed by atoms with van der Waals surface area (Å²) in [5.41, 5.74) is -0.00422. The van der Waals surface area contributed by atoms with Crippen molar-refractivity contribution in [3.05, 3.63) is 29.1 Å². The molecule has 0 heterocycles. The van der Waals surface area contributed by atoms with E-state index in [4.69, 9.17) is 4.74 Å². The zero-order chi connectivity index (χ0) is 11.4. The zero-order valence-corrected chi connectivity index (χ0v) is 9.51. The van der Waals surface area contributed by atoms with Crippen LogP contribution < -0.4 is 4.74 Å². The molecule has 1 aromatic carbocycles. The summed E-state index contributed by atoms with van der Waals surface area (Å²) in [6, 6.07) is 2.62. The first-order valence-corrected chi connectivity index (χ1v) is 5.18. The van der Waals surface area contributed by atoms with Gasteiger partial charge in [0.25, 0.3) is 0 Å². The molecule has 0 saturated heterocycles. The molecule has 0 aliphatic heterocycles. The second kappa shape index (κ2) is 5.02. The average molecular weight is 275 g/mol. The third-order valence-corrected chi connectivity index (χ3v) is 2.39. The van der Waals surface area contributed by atoms with Crippen LogP contribution in [0.1, 0.15) is 20.7 Å². The first-order valence-electron chi connectivity index (χ1n) is 4.06. The Bertz CT molecular complexity index is 404. The van der Waals surface area contributed by atoms with Crippen molar-refractivity contribution in [2.24, 2.45) is 0 Å². The first kappa shape index (κ1) is 11.8. The Labute approximate surface area is 94.4 Å². The molecule has 0 N–H and O–H groups in total. The first-order chi connectivity index (χ1) is 7.15. The maximum atomic E-state index is 13.6. The van der Waals surface area contributed by atoms with Gasteiger partial charge in [-0.2, -0.15) is 0 Å². The molecule has 5 heteroatoms. The van der Waals surface area contributed by atoms with Gasteiger partial charge in [0.15, 0.2) is 23.6 Å². The van der Waals surface area contributed by atoms with Crippen molar-refractivity contribution >= 4 is 28.0 Å². The van der Waals surface area contributed by atoms with Gasteiger partial charge < -0.3 is 4.74 Å². The SMILES string of the molecule is COc1c(C=O)ccc(C(=O)CBr)c1F. The molecule has 0 atom stereocenters. The van der Waals surface area contributed by atoms with E-state index < -0.39 is 11.6 Å². The van der Waals surface area contributed by atoms with Crippen molar-refractivity contribution < 1.29 is 18.7 Å². The lowest BCUT2D eigenvalue weighted by molar-refractivity contribution is 0.101. The number of hydrogen-bond acceptors (Lipinski definition) is 3. The highest BCUT2D eigenvalue weighted by atomic mass is 79.9. The summed E-state index contributed by atoms with van der Waals surface area (Å²) < 4.78 is 18.4. The number of rotatable bonds is 4. The number of ketones is 1. The van der Waals surface area contributed by atoms with Gasteiger partial charge in [-0.1, -0.05) is 15.9 Å². The van der Waals surface area contributed by atoms with Crippen LogP contribution >= 0.6 is 15.9 Å². The van der Waals surface area contributed by atoms with Gasteiger partial charge in [0.05, 0.1) is 23.6 Å². The molecule has 0 bridgehead atoms. The Kier molecular flexibility index (Phi) is 3.96. The van der Waals surface area contributed by atoms with Gasteiger partial charge in [-0.15, -0.1) is 0 Å². The Balaban J connectivity index is 3.35. The summed E-state index contributed by atoms with van der Waals surface area (Å²) in [5, 5.41) is 0.0213. The van der Waals surface area contributed by atoms with E-state index in [0.717, 1.165) is 0 Å². The smallest absolute Gasteiger partial charge is 0.176 e. The number of aldehydes is 1. The van der Waals surface area contributed by atoms with E-state index in [-0.39, 0.29) is 22.2 Å². The van der Waals surface area contributed by atoms with Crippen LogP contribution in [-0.4, -0.2) is 24.5 Å². The molecular weight excluding hydrogens is 267 g/mol. The quantitative estimate of drug-likeness (QED) is 0.480. The largest absolute Gasteiger partial charge is 0.493 e. The molecule has 0 aromatic heterocycles. The molecule has 15 heavy (non-hydrogen) atoms. The third-order valence-electron chi connectivity index (χ3n) is 1.88. The number of methoxy groups -OCH3 is 1. The fourth-order valence-corrected chi connectivity index (χ4v) is 1.46. The maximum Gasteiger partial charge on any atom is 0.176 e. The van der Waals surface area contributed by atoms with Gasteiger partial charge in [-0.05, 0) is 12.1 Å². The van der Waals surface area contributed by atoms with E-state index in [2.05, 4.69) is 15.9 Å². The van der Waals surface area contributed by atoms with Crippen LogP contribution in [0.4, 0.5) is 4.39 Å². The van der Waals surface area contributed by atoms with E-state index in [9.17, 15) is 14.0 Å². The minimum absolute atomic E-state index is 0.0213. The summed E-state index contributed by atoms with van der Waals surface area (Å²) >= 11 is 2.94. The fraction of sp³-hybridized carbons (Fsp3) is 0.200. The Morgan fingerprint density at radius 3 is 2.73 bits per heavy atom. The third kappa shape index (κ3) is 2.23. The van der Waals surface area contributed by atoms with Crippen LogP contribution in [0.2, 0.25) is 0 Å². The molecule has 80 valence electrons. The lowest BCUT2D eigenvalue weighted by atomic mass is 10.1. The highest BCUT2D eigenvalue weighted by Gasteiger charge is 2.17. The number of halogens is 2. The van der Waals surface area contributed by atoms with E-state index in [1.165, 1.54) is 19.2 Å². The molecule has 1 aromatic rings. The lowest BCUT2D eigenvalue weighted by Crippen LogP contribution is -2.06. The standard InChI is InChI=1S/C10H8BrFO3/c1-15-10-6(5-13)2-3-7(9(10)12)8(14)4-11/h2-3,5H,4H2,1H3. The van der Waals surface area contributed by atoms with E-state index >= 15 is 0 Å². The molecule has 0 radical (unpaired) electrons. The molecule has 0 amide bonds. The fourth-order valence-electron chi connectivity index (χ4n) is 1.16. The summed E-state index contributed by atoms with van der Waals surface area (Å²) in [5.74, 6) is -1.40. The van der Waals surface area contributed by atoms with Crippen LogP contribution in [0.25, 0.3) is 0 Å². The molecule has 0 aliphatic carbocycles. The van der Waals surface area contributed by atoms with Crippen molar-refractivity contribution in [1.29, 1.82) is 0 Å². The summed E-state index contributed by atoms with van der Waals surface area (Å²) in [6.45, 7) is 0. The van der Waals surface area contributed by atoms with E-state index in [0.29, 0.717) is 6.29 Å². The van der Waals surface area contributed by atoms with Crippen LogP contribution in [0.5, 0.6) is 5.75 Å². The number of Topliss-reactive ketones (excluding diaryl/α,β-unsaturated/α-hetero) is 1. The lowest BCUT2D eigenvalue weighted by Gasteiger charge is -2.07. The predicted octanol–water partition coefficient (Wildman–Crippen LogP) is 2.22. The minimum atomic E-state index is -0.799. The highest BCUT2D eigenvalue weighted by Crippen LogP contribution is 2.24. The van der Waals surface area contributed by atoms with Gasteiger partial charge in [-0.3, -0.25) is 9.59 Å². The van der Waals surface area contributed by atoms with Gasteiger partial charge in [0.2, 0.25) is 0 Å².